The number of carbonyl (C=O) groups is 1. The zero-order valence-corrected chi connectivity index (χ0v) is 18.4. The lowest BCUT2D eigenvalue weighted by molar-refractivity contribution is -0.116. The Kier molecular flexibility index (Phi) is 7.04. The van der Waals surface area contributed by atoms with Gasteiger partial charge in [-0.3, -0.25) is 9.52 Å². The lowest BCUT2D eigenvalue weighted by Gasteiger charge is -2.12. The van der Waals surface area contributed by atoms with Crippen LogP contribution in [0.4, 0.5) is 11.4 Å². The molecule has 0 aliphatic heterocycles. The van der Waals surface area contributed by atoms with Gasteiger partial charge in [-0.2, -0.15) is 0 Å². The van der Waals surface area contributed by atoms with Crippen molar-refractivity contribution in [2.75, 3.05) is 22.8 Å². The third kappa shape index (κ3) is 6.84. The monoisotopic (exact) mass is 439 g/mol. The highest BCUT2D eigenvalue weighted by Gasteiger charge is 2.15. The molecule has 0 aliphatic rings. The first-order valence-corrected chi connectivity index (χ1v) is 12.2. The van der Waals surface area contributed by atoms with Crippen LogP contribution >= 0.6 is 0 Å². The van der Waals surface area contributed by atoms with Crippen molar-refractivity contribution in [2.24, 2.45) is 0 Å². The van der Waals surface area contributed by atoms with Crippen LogP contribution in [0, 0.1) is 20.8 Å². The standard InChI is InChI=1S/C19H25N3O5S2/c1-13-6-8-17(11-15(13)3)29(26,27)20-10-9-19(23)21-16-7-5-14(2)18(12-16)22-28(4,24)25/h5-8,11-12,20,22H,9-10H2,1-4H3,(H,21,23). The van der Waals surface area contributed by atoms with Gasteiger partial charge in [0.1, 0.15) is 0 Å². The molecule has 0 radical (unpaired) electrons. The van der Waals surface area contributed by atoms with Crippen LogP contribution in [0.5, 0.6) is 0 Å². The molecule has 0 aromatic heterocycles. The Morgan fingerprint density at radius 1 is 0.897 bits per heavy atom. The SMILES string of the molecule is Cc1ccc(S(=O)(=O)NCCC(=O)Nc2ccc(C)c(NS(C)(=O)=O)c2)cc1C. The summed E-state index contributed by atoms with van der Waals surface area (Å²) >= 11 is 0. The summed E-state index contributed by atoms with van der Waals surface area (Å²) in [6.07, 6.45) is 0.964. The van der Waals surface area contributed by atoms with Crippen LogP contribution in [0.15, 0.2) is 41.3 Å². The van der Waals surface area contributed by atoms with Gasteiger partial charge in [0.2, 0.25) is 26.0 Å². The molecule has 2 aromatic carbocycles. The highest BCUT2D eigenvalue weighted by atomic mass is 32.2. The summed E-state index contributed by atoms with van der Waals surface area (Å²) < 4.78 is 52.3. The van der Waals surface area contributed by atoms with Crippen molar-refractivity contribution < 1.29 is 21.6 Å². The summed E-state index contributed by atoms with van der Waals surface area (Å²) in [4.78, 5) is 12.3. The zero-order chi connectivity index (χ0) is 21.8. The molecule has 1 amide bonds. The number of nitrogens with one attached hydrogen (secondary N) is 3. The molecule has 8 nitrogen and oxygen atoms in total. The third-order valence-electron chi connectivity index (χ3n) is 4.25. The van der Waals surface area contributed by atoms with Crippen LogP contribution in [-0.2, 0) is 24.8 Å². The average Bonchev–Trinajstić information content (AvgIpc) is 2.58. The topological polar surface area (TPSA) is 121 Å². The van der Waals surface area contributed by atoms with Crippen molar-refractivity contribution in [3.8, 4) is 0 Å². The molecule has 29 heavy (non-hydrogen) atoms. The number of benzene rings is 2. The van der Waals surface area contributed by atoms with Gasteiger partial charge in [-0.05, 0) is 61.7 Å². The minimum absolute atomic E-state index is 0.0681. The number of hydrogen-bond acceptors (Lipinski definition) is 5. The van der Waals surface area contributed by atoms with Gasteiger partial charge in [0.15, 0.2) is 0 Å². The first-order chi connectivity index (χ1) is 13.4. The van der Waals surface area contributed by atoms with Gasteiger partial charge >= 0.3 is 0 Å². The van der Waals surface area contributed by atoms with E-state index in [0.717, 1.165) is 17.4 Å². The van der Waals surface area contributed by atoms with Crippen LogP contribution in [0.25, 0.3) is 0 Å². The quantitative estimate of drug-likeness (QED) is 0.583. The van der Waals surface area contributed by atoms with Gasteiger partial charge in [0.25, 0.3) is 0 Å². The van der Waals surface area contributed by atoms with Gasteiger partial charge < -0.3 is 5.32 Å². The number of hydrogen-bond donors (Lipinski definition) is 3. The first kappa shape index (κ1) is 22.9. The Hall–Kier alpha value is -2.43. The predicted molar refractivity (Wildman–Crippen MR) is 114 cm³/mol. The molecule has 2 aromatic rings. The summed E-state index contributed by atoms with van der Waals surface area (Å²) in [6.45, 7) is 5.39. The number of sulfonamides is 2. The van der Waals surface area contributed by atoms with Gasteiger partial charge in [-0.25, -0.2) is 21.6 Å². The molecule has 0 saturated carbocycles. The van der Waals surface area contributed by atoms with E-state index in [1.807, 2.05) is 13.8 Å². The van der Waals surface area contributed by atoms with E-state index in [1.165, 1.54) is 12.1 Å². The number of rotatable bonds is 8. The number of amides is 1. The van der Waals surface area contributed by atoms with Crippen LogP contribution in [0.2, 0.25) is 0 Å². The van der Waals surface area contributed by atoms with Gasteiger partial charge in [0, 0.05) is 18.7 Å². The number of aryl methyl sites for hydroxylation is 3. The van der Waals surface area contributed by atoms with Crippen LogP contribution in [0.1, 0.15) is 23.1 Å². The predicted octanol–water partition coefficient (Wildman–Crippen LogP) is 2.29. The number of carbonyl (C=O) groups excluding carboxylic acids is 1. The van der Waals surface area contributed by atoms with Crippen LogP contribution in [-0.4, -0.2) is 35.5 Å². The van der Waals surface area contributed by atoms with Gasteiger partial charge in [0.05, 0.1) is 16.8 Å². The third-order valence-corrected chi connectivity index (χ3v) is 6.30. The van der Waals surface area contributed by atoms with Crippen LogP contribution in [0.3, 0.4) is 0 Å². The largest absolute Gasteiger partial charge is 0.326 e. The summed E-state index contributed by atoms with van der Waals surface area (Å²) in [6, 6.07) is 9.66. The van der Waals surface area contributed by atoms with Crippen molar-refractivity contribution in [1.82, 2.24) is 4.72 Å². The second kappa shape index (κ2) is 8.93. The molecular formula is C19H25N3O5S2. The molecule has 3 N–H and O–H groups in total. The van der Waals surface area contributed by atoms with E-state index in [2.05, 4.69) is 14.8 Å². The van der Waals surface area contributed by atoms with Gasteiger partial charge in [-0.1, -0.05) is 12.1 Å². The Bertz CT molecular complexity index is 1130. The van der Waals surface area contributed by atoms with Crippen molar-refractivity contribution >= 4 is 37.3 Å². The smallest absolute Gasteiger partial charge is 0.240 e. The Labute approximate surface area is 171 Å². The first-order valence-electron chi connectivity index (χ1n) is 8.82. The molecule has 0 spiro atoms. The average molecular weight is 440 g/mol. The lowest BCUT2D eigenvalue weighted by Crippen LogP contribution is -2.28. The maximum absolute atomic E-state index is 12.3. The fraction of sp³-hybridized carbons (Fsp3) is 0.316. The van der Waals surface area contributed by atoms with Gasteiger partial charge in [-0.15, -0.1) is 0 Å². The molecule has 0 atom stereocenters. The molecule has 0 unspecified atom stereocenters. The zero-order valence-electron chi connectivity index (χ0n) is 16.7. The maximum Gasteiger partial charge on any atom is 0.240 e. The summed E-state index contributed by atoms with van der Waals surface area (Å²) in [7, 11) is -7.15. The number of anilines is 2. The fourth-order valence-electron chi connectivity index (χ4n) is 2.50. The maximum atomic E-state index is 12.3. The van der Waals surface area contributed by atoms with Crippen molar-refractivity contribution in [2.45, 2.75) is 32.1 Å². The van der Waals surface area contributed by atoms with E-state index in [-0.39, 0.29) is 17.9 Å². The second-order valence-corrected chi connectivity index (χ2v) is 10.4. The lowest BCUT2D eigenvalue weighted by atomic mass is 10.1. The van der Waals surface area contributed by atoms with Crippen LogP contribution < -0.4 is 14.8 Å². The normalized spacial score (nSPS) is 11.9. The second-order valence-electron chi connectivity index (χ2n) is 6.85. The van der Waals surface area contributed by atoms with E-state index < -0.39 is 26.0 Å². The molecule has 0 heterocycles. The Balaban J connectivity index is 1.96. The van der Waals surface area contributed by atoms with E-state index in [0.29, 0.717) is 16.9 Å². The van der Waals surface area contributed by atoms with E-state index in [1.54, 1.807) is 31.2 Å². The van der Waals surface area contributed by atoms with E-state index in [4.69, 9.17) is 0 Å². The molecule has 0 saturated heterocycles. The minimum Gasteiger partial charge on any atom is -0.326 e. The summed E-state index contributed by atoms with van der Waals surface area (Å²) in [5.41, 5.74) is 3.33. The molecule has 158 valence electrons. The highest BCUT2D eigenvalue weighted by Crippen LogP contribution is 2.21. The highest BCUT2D eigenvalue weighted by molar-refractivity contribution is 7.92. The Morgan fingerprint density at radius 3 is 2.17 bits per heavy atom. The summed E-state index contributed by atoms with van der Waals surface area (Å²) in [5.74, 6) is -0.401. The fourth-order valence-corrected chi connectivity index (χ4v) is 4.23. The molecule has 0 bridgehead atoms. The van der Waals surface area contributed by atoms with Crippen molar-refractivity contribution in [3.63, 3.8) is 0 Å². The van der Waals surface area contributed by atoms with E-state index >= 15 is 0 Å². The molecule has 0 aliphatic carbocycles. The molecule has 10 heteroatoms. The van der Waals surface area contributed by atoms with E-state index in [9.17, 15) is 21.6 Å². The molecule has 0 fully saturated rings. The van der Waals surface area contributed by atoms with Crippen molar-refractivity contribution in [3.05, 3.63) is 53.1 Å². The molecular weight excluding hydrogens is 414 g/mol. The summed E-state index contributed by atoms with van der Waals surface area (Å²) in [5, 5.41) is 2.63. The minimum atomic E-state index is -3.71. The Morgan fingerprint density at radius 2 is 1.55 bits per heavy atom. The van der Waals surface area contributed by atoms with Crippen molar-refractivity contribution in [1.29, 1.82) is 0 Å². The molecule has 2 rings (SSSR count).